The molecule has 2 aromatic rings. The normalized spacial score (nSPS) is 16.9. The van der Waals surface area contributed by atoms with Crippen LogP contribution in [0.2, 0.25) is 0 Å². The number of sulfone groups is 1. The van der Waals surface area contributed by atoms with Gasteiger partial charge >= 0.3 is 0 Å². The topological polar surface area (TPSA) is 71.5 Å². The summed E-state index contributed by atoms with van der Waals surface area (Å²) in [7, 11) is -7.26. The second kappa shape index (κ2) is 8.31. The molecule has 0 radical (unpaired) electrons. The lowest BCUT2D eigenvalue weighted by molar-refractivity contribution is 0.345. The molecule has 1 saturated heterocycles. The van der Waals surface area contributed by atoms with Crippen LogP contribution in [-0.2, 0) is 26.3 Å². The molecule has 28 heavy (non-hydrogen) atoms. The molecular formula is C20H24FNO4S2. The monoisotopic (exact) mass is 425 g/mol. The van der Waals surface area contributed by atoms with Crippen LogP contribution in [0.3, 0.4) is 0 Å². The van der Waals surface area contributed by atoms with E-state index in [1.54, 1.807) is 12.1 Å². The summed E-state index contributed by atoms with van der Waals surface area (Å²) >= 11 is 0. The standard InChI is InChI=1S/C20H24FNO4S2/c1-2-3-16-4-8-20(9-5-16)28(25,26)22-14-12-19(13-15-22)27(23,24)18-10-6-17(21)7-11-18/h4-11,19H,2-3,12-15H2,1H3. The minimum absolute atomic E-state index is 0.0710. The second-order valence-electron chi connectivity index (χ2n) is 7.00. The minimum atomic E-state index is -3.64. The molecule has 0 N–H and O–H groups in total. The fourth-order valence-electron chi connectivity index (χ4n) is 3.47. The zero-order chi connectivity index (χ0) is 20.4. The molecule has 1 heterocycles. The smallest absolute Gasteiger partial charge is 0.223 e. The Labute approximate surface area is 166 Å². The molecule has 0 unspecified atom stereocenters. The van der Waals surface area contributed by atoms with Crippen molar-refractivity contribution in [1.82, 2.24) is 4.31 Å². The Morgan fingerprint density at radius 2 is 1.43 bits per heavy atom. The molecule has 1 aliphatic rings. The van der Waals surface area contributed by atoms with Crippen LogP contribution >= 0.6 is 0 Å². The fourth-order valence-corrected chi connectivity index (χ4v) is 6.67. The molecule has 0 aliphatic carbocycles. The second-order valence-corrected chi connectivity index (χ2v) is 11.2. The summed E-state index contributed by atoms with van der Waals surface area (Å²) in [6.07, 6.45) is 2.31. The quantitative estimate of drug-likeness (QED) is 0.665. The highest BCUT2D eigenvalue weighted by Gasteiger charge is 2.35. The lowest BCUT2D eigenvalue weighted by Crippen LogP contribution is -2.42. The van der Waals surface area contributed by atoms with Crippen LogP contribution in [0.1, 0.15) is 31.7 Å². The predicted molar refractivity (Wildman–Crippen MR) is 106 cm³/mol. The van der Waals surface area contributed by atoms with E-state index < -0.39 is 30.9 Å². The maximum Gasteiger partial charge on any atom is 0.243 e. The number of benzene rings is 2. The van der Waals surface area contributed by atoms with Gasteiger partial charge in [0.1, 0.15) is 5.82 Å². The van der Waals surface area contributed by atoms with E-state index in [0.717, 1.165) is 30.5 Å². The van der Waals surface area contributed by atoms with Crippen molar-refractivity contribution >= 4 is 19.9 Å². The van der Waals surface area contributed by atoms with Gasteiger partial charge in [-0.2, -0.15) is 4.31 Å². The predicted octanol–water partition coefficient (Wildman–Crippen LogP) is 3.41. The molecule has 152 valence electrons. The lowest BCUT2D eigenvalue weighted by atomic mass is 10.1. The first-order chi connectivity index (χ1) is 13.2. The van der Waals surface area contributed by atoms with Crippen LogP contribution in [0.4, 0.5) is 4.39 Å². The van der Waals surface area contributed by atoms with E-state index in [2.05, 4.69) is 6.92 Å². The van der Waals surface area contributed by atoms with Crippen molar-refractivity contribution in [2.45, 2.75) is 47.6 Å². The summed E-state index contributed by atoms with van der Waals surface area (Å²) in [5.41, 5.74) is 1.09. The highest BCUT2D eigenvalue weighted by Crippen LogP contribution is 2.28. The Morgan fingerprint density at radius 1 is 0.893 bits per heavy atom. The minimum Gasteiger partial charge on any atom is -0.223 e. The summed E-state index contributed by atoms with van der Waals surface area (Å²) < 4.78 is 65.6. The van der Waals surface area contributed by atoms with E-state index in [1.807, 2.05) is 12.1 Å². The third-order valence-electron chi connectivity index (χ3n) is 5.08. The molecule has 8 heteroatoms. The highest BCUT2D eigenvalue weighted by atomic mass is 32.2. The molecule has 1 fully saturated rings. The number of sulfonamides is 1. The van der Waals surface area contributed by atoms with Gasteiger partial charge in [0.15, 0.2) is 9.84 Å². The van der Waals surface area contributed by atoms with Crippen LogP contribution < -0.4 is 0 Å². The lowest BCUT2D eigenvalue weighted by Gasteiger charge is -2.31. The zero-order valence-electron chi connectivity index (χ0n) is 15.7. The molecule has 0 amide bonds. The maximum absolute atomic E-state index is 13.1. The Morgan fingerprint density at radius 3 is 1.96 bits per heavy atom. The van der Waals surface area contributed by atoms with Gasteiger partial charge in [-0.25, -0.2) is 21.2 Å². The number of rotatable bonds is 6. The van der Waals surface area contributed by atoms with Gasteiger partial charge in [-0.3, -0.25) is 0 Å². The van der Waals surface area contributed by atoms with E-state index in [-0.39, 0.29) is 35.7 Å². The van der Waals surface area contributed by atoms with Gasteiger partial charge in [0.25, 0.3) is 0 Å². The fraction of sp³-hybridized carbons (Fsp3) is 0.400. The van der Waals surface area contributed by atoms with Crippen LogP contribution in [0.25, 0.3) is 0 Å². The largest absolute Gasteiger partial charge is 0.243 e. The first kappa shape index (κ1) is 21.0. The first-order valence-corrected chi connectivity index (χ1v) is 12.3. The van der Waals surface area contributed by atoms with Crippen LogP contribution in [-0.4, -0.2) is 39.5 Å². The molecule has 0 bridgehead atoms. The van der Waals surface area contributed by atoms with Gasteiger partial charge in [0.2, 0.25) is 10.0 Å². The number of halogens is 1. The van der Waals surface area contributed by atoms with Crippen molar-refractivity contribution in [2.75, 3.05) is 13.1 Å². The molecular weight excluding hydrogens is 401 g/mol. The van der Waals surface area contributed by atoms with Crippen molar-refractivity contribution in [3.8, 4) is 0 Å². The van der Waals surface area contributed by atoms with Gasteiger partial charge in [-0.05, 0) is 61.2 Å². The van der Waals surface area contributed by atoms with Gasteiger partial charge in [0, 0.05) is 13.1 Å². The van der Waals surface area contributed by atoms with Crippen molar-refractivity contribution in [1.29, 1.82) is 0 Å². The number of hydrogen-bond acceptors (Lipinski definition) is 4. The Bertz CT molecular complexity index is 1010. The SMILES string of the molecule is CCCc1ccc(S(=O)(=O)N2CCC(S(=O)(=O)c3ccc(F)cc3)CC2)cc1. The van der Waals surface area contributed by atoms with Crippen molar-refractivity contribution < 1.29 is 21.2 Å². The zero-order valence-corrected chi connectivity index (χ0v) is 17.3. The maximum atomic E-state index is 13.1. The number of hydrogen-bond donors (Lipinski definition) is 0. The molecule has 1 aliphatic heterocycles. The van der Waals surface area contributed by atoms with Gasteiger partial charge in [0.05, 0.1) is 15.0 Å². The summed E-state index contributed by atoms with van der Waals surface area (Å²) in [6, 6.07) is 11.6. The first-order valence-electron chi connectivity index (χ1n) is 9.33. The van der Waals surface area contributed by atoms with Crippen molar-refractivity contribution in [3.05, 3.63) is 59.9 Å². The van der Waals surface area contributed by atoms with Gasteiger partial charge in [-0.15, -0.1) is 0 Å². The summed E-state index contributed by atoms with van der Waals surface area (Å²) in [5, 5.41) is -0.670. The molecule has 5 nitrogen and oxygen atoms in total. The third kappa shape index (κ3) is 4.29. The van der Waals surface area contributed by atoms with Crippen LogP contribution in [0.5, 0.6) is 0 Å². The van der Waals surface area contributed by atoms with Crippen LogP contribution in [0, 0.1) is 5.82 Å². The third-order valence-corrected chi connectivity index (χ3v) is 9.27. The summed E-state index contributed by atoms with van der Waals surface area (Å²) in [4.78, 5) is 0.300. The molecule has 0 atom stereocenters. The van der Waals surface area contributed by atoms with E-state index in [4.69, 9.17) is 0 Å². The van der Waals surface area contributed by atoms with Crippen molar-refractivity contribution in [2.24, 2.45) is 0 Å². The van der Waals surface area contributed by atoms with E-state index in [0.29, 0.717) is 0 Å². The average Bonchev–Trinajstić information content (AvgIpc) is 2.69. The Hall–Kier alpha value is -1.77. The number of aryl methyl sites for hydroxylation is 1. The molecule has 0 saturated carbocycles. The molecule has 2 aromatic carbocycles. The van der Waals surface area contributed by atoms with Gasteiger partial charge < -0.3 is 0 Å². The summed E-state index contributed by atoms with van der Waals surface area (Å²) in [5.74, 6) is -0.496. The molecule has 0 spiro atoms. The van der Waals surface area contributed by atoms with Gasteiger partial charge in [-0.1, -0.05) is 25.5 Å². The van der Waals surface area contributed by atoms with Crippen LogP contribution in [0.15, 0.2) is 58.3 Å². The molecule has 3 rings (SSSR count). The van der Waals surface area contributed by atoms with E-state index >= 15 is 0 Å². The number of nitrogens with zero attached hydrogens (tertiary/aromatic N) is 1. The Kier molecular flexibility index (Phi) is 6.21. The van der Waals surface area contributed by atoms with Crippen molar-refractivity contribution in [3.63, 3.8) is 0 Å². The number of piperidine rings is 1. The molecule has 0 aromatic heterocycles. The Balaban J connectivity index is 1.71. The summed E-state index contributed by atoms with van der Waals surface area (Å²) in [6.45, 7) is 2.35. The average molecular weight is 426 g/mol. The van der Waals surface area contributed by atoms with E-state index in [1.165, 1.54) is 16.4 Å². The highest BCUT2D eigenvalue weighted by molar-refractivity contribution is 7.92. The van der Waals surface area contributed by atoms with E-state index in [9.17, 15) is 21.2 Å².